The first kappa shape index (κ1) is 54.0. The van der Waals surface area contributed by atoms with Crippen LogP contribution in [0, 0.1) is 0 Å². The van der Waals surface area contributed by atoms with Crippen LogP contribution in [0.3, 0.4) is 0 Å². The van der Waals surface area contributed by atoms with Gasteiger partial charge in [-0.05, 0) is 132 Å². The number of hydrogen-bond donors (Lipinski definition) is 8. The van der Waals surface area contributed by atoms with E-state index in [1.54, 1.807) is 132 Å². The lowest BCUT2D eigenvalue weighted by atomic mass is 10.0. The molecule has 0 spiro atoms. The third kappa shape index (κ3) is 15.1. The van der Waals surface area contributed by atoms with Gasteiger partial charge in [0.15, 0.2) is 11.5 Å². The molecule has 7 rings (SSSR count). The predicted octanol–water partition coefficient (Wildman–Crippen LogP) is 8.20. The van der Waals surface area contributed by atoms with Crippen molar-refractivity contribution in [1.29, 1.82) is 0 Å². The van der Waals surface area contributed by atoms with Crippen molar-refractivity contribution in [2.75, 3.05) is 46.6 Å². The van der Waals surface area contributed by atoms with E-state index in [2.05, 4.69) is 36.9 Å². The van der Waals surface area contributed by atoms with Crippen LogP contribution in [0.15, 0.2) is 60.7 Å². The molecular formula is C52H70N12O10. The number of piperidine rings is 2. The fraction of sp³-hybridized carbons (Fsp3) is 0.500. The Morgan fingerprint density at radius 2 is 1.01 bits per heavy atom. The molecule has 74 heavy (non-hydrogen) atoms. The average Bonchev–Trinajstić information content (AvgIpc) is 3.68. The molecule has 2 saturated heterocycles. The summed E-state index contributed by atoms with van der Waals surface area (Å²) >= 11 is 0. The van der Waals surface area contributed by atoms with E-state index in [9.17, 15) is 29.1 Å². The number of aromatic nitrogens is 4. The van der Waals surface area contributed by atoms with E-state index in [1.165, 1.54) is 0 Å². The summed E-state index contributed by atoms with van der Waals surface area (Å²) in [6.07, 6.45) is -1.83. The Hall–Kier alpha value is -7.78. The number of H-pyrrole nitrogens is 1. The van der Waals surface area contributed by atoms with Crippen LogP contribution in [0.4, 0.5) is 48.3 Å². The Balaban J connectivity index is 1.23. The molecule has 398 valence electrons. The average molecular weight is 1020 g/mol. The van der Waals surface area contributed by atoms with Crippen molar-refractivity contribution in [3.05, 3.63) is 66.2 Å². The Bertz CT molecular complexity index is 2790. The predicted molar refractivity (Wildman–Crippen MR) is 281 cm³/mol. The molecule has 2 aromatic heterocycles. The topological polar surface area (TPSA) is 276 Å². The van der Waals surface area contributed by atoms with E-state index in [-0.39, 0.29) is 49.1 Å². The van der Waals surface area contributed by atoms with Gasteiger partial charge in [0.25, 0.3) is 5.91 Å². The summed E-state index contributed by atoms with van der Waals surface area (Å²) in [4.78, 5) is 88.2. The largest absolute Gasteiger partial charge is 0.506 e. The van der Waals surface area contributed by atoms with Crippen LogP contribution < -0.4 is 41.7 Å². The van der Waals surface area contributed by atoms with Crippen LogP contribution in [0.5, 0.6) is 5.75 Å². The number of nitrogens with zero attached hydrogens (tertiary/aromatic N) is 5. The maximum Gasteiger partial charge on any atom is 0.407 e. The Kier molecular flexibility index (Phi) is 15.6. The SMILES string of the molecule is CC(C)(C)OC(=O)N[C@@H]1C[C@H](NC(=O)OC(C)(C)C)CN(c2nc3nc(Nc4ccc(NC(=O)c5ccc6ccccc6c5O)cc4)nc(N4C[C@H](NC(=O)OC(C)(C)C)C[C@H](NC(=O)OC(C)(C)C)C4)c3[nH]2)C1. The van der Waals surface area contributed by atoms with E-state index in [0.29, 0.717) is 46.9 Å². The Labute approximate surface area is 430 Å². The molecule has 5 aromatic rings. The molecule has 8 N–H and O–H groups in total. The molecule has 22 nitrogen and oxygen atoms in total. The summed E-state index contributed by atoms with van der Waals surface area (Å²) < 4.78 is 22.5. The van der Waals surface area contributed by atoms with Crippen molar-refractivity contribution in [3.8, 4) is 5.75 Å². The number of aromatic amines is 1. The summed E-state index contributed by atoms with van der Waals surface area (Å²) in [6.45, 7) is 22.2. The second-order valence-electron chi connectivity index (χ2n) is 22.6. The zero-order valence-electron chi connectivity index (χ0n) is 44.2. The molecule has 0 aliphatic carbocycles. The number of alkyl carbamates (subject to hydrolysis) is 4. The minimum Gasteiger partial charge on any atom is -0.506 e. The number of carbonyl (C=O) groups is 5. The molecule has 0 unspecified atom stereocenters. The molecule has 5 amide bonds. The van der Waals surface area contributed by atoms with Gasteiger partial charge in [-0.1, -0.05) is 30.3 Å². The minimum atomic E-state index is -0.778. The number of fused-ring (bicyclic) bond motifs is 2. The Morgan fingerprint density at radius 1 is 0.568 bits per heavy atom. The molecule has 4 heterocycles. The van der Waals surface area contributed by atoms with E-state index in [0.717, 1.165) is 5.39 Å². The summed E-state index contributed by atoms with van der Waals surface area (Å²) in [7, 11) is 0. The third-order valence-electron chi connectivity index (χ3n) is 11.2. The molecular weight excluding hydrogens is 953 g/mol. The molecule has 4 atom stereocenters. The van der Waals surface area contributed by atoms with Gasteiger partial charge < -0.3 is 70.7 Å². The van der Waals surface area contributed by atoms with Crippen LogP contribution >= 0.6 is 0 Å². The number of phenols is 1. The first-order valence-corrected chi connectivity index (χ1v) is 24.7. The van der Waals surface area contributed by atoms with Crippen LogP contribution in [0.2, 0.25) is 0 Å². The monoisotopic (exact) mass is 1020 g/mol. The summed E-state index contributed by atoms with van der Waals surface area (Å²) in [5.41, 5.74) is -1.29. The number of ether oxygens (including phenoxy) is 4. The molecule has 3 aromatic carbocycles. The smallest absolute Gasteiger partial charge is 0.407 e. The number of anilines is 5. The highest BCUT2D eigenvalue weighted by Crippen LogP contribution is 2.33. The lowest BCUT2D eigenvalue weighted by Crippen LogP contribution is -2.58. The normalized spacial score (nSPS) is 18.5. The number of carbonyl (C=O) groups excluding carboxylic acids is 5. The van der Waals surface area contributed by atoms with Crippen molar-refractivity contribution in [3.63, 3.8) is 0 Å². The highest BCUT2D eigenvalue weighted by molar-refractivity contribution is 6.10. The summed E-state index contributed by atoms with van der Waals surface area (Å²) in [6, 6.07) is 15.3. The molecule has 0 saturated carbocycles. The first-order valence-electron chi connectivity index (χ1n) is 24.7. The van der Waals surface area contributed by atoms with Crippen molar-refractivity contribution < 1.29 is 48.0 Å². The standard InChI is InChI=1S/C52H70N12O10/c1-49(2,3)71-45(67)55-32-23-33(56-46(68)72-50(4,5)6)26-63(25-32)41-38-40(61-44(59-38)64-27-34(57-47(69)73-51(7,8)9)24-35(28-64)58-48(70)74-52(10,11)12)60-43(62-41)54-31-20-18-30(19-21-31)53-42(66)37-22-17-29-15-13-14-16-36(29)39(37)65/h13-22,32-35,65H,23-28H2,1-12H3,(H,53,66)(H,55,67)(H,56,68)(H,57,69)(H,58,70)(H2,54,59,60,61,62)/t32-,33+,34-,35+. The van der Waals surface area contributed by atoms with E-state index in [4.69, 9.17) is 33.9 Å². The van der Waals surface area contributed by atoms with Gasteiger partial charge in [-0.2, -0.15) is 15.0 Å². The zero-order chi connectivity index (χ0) is 53.9. The van der Waals surface area contributed by atoms with Gasteiger partial charge in [0.1, 0.15) is 33.7 Å². The number of amides is 5. The second kappa shape index (κ2) is 21.4. The fourth-order valence-corrected chi connectivity index (χ4v) is 8.57. The molecule has 22 heteroatoms. The number of benzene rings is 3. The van der Waals surface area contributed by atoms with E-state index >= 15 is 0 Å². The van der Waals surface area contributed by atoms with Gasteiger partial charge >= 0.3 is 24.4 Å². The van der Waals surface area contributed by atoms with Gasteiger partial charge in [-0.3, -0.25) is 4.79 Å². The maximum absolute atomic E-state index is 13.4. The molecule has 0 radical (unpaired) electrons. The highest BCUT2D eigenvalue weighted by atomic mass is 16.6. The lowest BCUT2D eigenvalue weighted by molar-refractivity contribution is 0.0452. The quantitative estimate of drug-likeness (QED) is 0.0612. The second-order valence-corrected chi connectivity index (χ2v) is 22.6. The number of hydrogen-bond acceptors (Lipinski definition) is 16. The fourth-order valence-electron chi connectivity index (χ4n) is 8.57. The van der Waals surface area contributed by atoms with Crippen LogP contribution in [-0.2, 0) is 18.9 Å². The van der Waals surface area contributed by atoms with Gasteiger partial charge in [-0.15, -0.1) is 0 Å². The first-order chi connectivity index (χ1) is 34.5. The van der Waals surface area contributed by atoms with Crippen LogP contribution in [0.1, 0.15) is 106 Å². The number of rotatable bonds is 10. The van der Waals surface area contributed by atoms with Crippen LogP contribution in [-0.4, -0.2) is 128 Å². The van der Waals surface area contributed by atoms with Gasteiger partial charge in [0, 0.05) is 42.9 Å². The highest BCUT2D eigenvalue weighted by Gasteiger charge is 2.36. The van der Waals surface area contributed by atoms with Crippen molar-refractivity contribution >= 4 is 81.3 Å². The molecule has 2 aliphatic heterocycles. The number of nitrogens with one attached hydrogen (secondary N) is 7. The molecule has 2 fully saturated rings. The molecule has 0 bridgehead atoms. The van der Waals surface area contributed by atoms with Crippen molar-refractivity contribution in [2.24, 2.45) is 0 Å². The van der Waals surface area contributed by atoms with Crippen LogP contribution in [0.25, 0.3) is 21.9 Å². The minimum absolute atomic E-state index is 0.119. The van der Waals surface area contributed by atoms with Gasteiger partial charge in [0.2, 0.25) is 11.9 Å². The number of phenolic OH excluding ortho intramolecular Hbond substituents is 1. The maximum atomic E-state index is 13.4. The summed E-state index contributed by atoms with van der Waals surface area (Å²) in [5, 5.41) is 30.3. The van der Waals surface area contributed by atoms with Gasteiger partial charge in [0.05, 0.1) is 29.7 Å². The molecule has 2 aliphatic rings. The van der Waals surface area contributed by atoms with E-state index in [1.807, 2.05) is 21.9 Å². The van der Waals surface area contributed by atoms with E-state index < -0.39 is 76.9 Å². The zero-order valence-corrected chi connectivity index (χ0v) is 44.2. The third-order valence-corrected chi connectivity index (χ3v) is 11.2. The number of aromatic hydroxyl groups is 1. The van der Waals surface area contributed by atoms with Gasteiger partial charge in [-0.25, -0.2) is 19.2 Å². The summed E-state index contributed by atoms with van der Waals surface area (Å²) in [5.74, 6) is 0.238. The Morgan fingerprint density at radius 3 is 1.49 bits per heavy atom. The van der Waals surface area contributed by atoms with Crippen molar-refractivity contribution in [2.45, 2.75) is 142 Å². The number of imidazole rings is 1. The lowest BCUT2D eigenvalue weighted by Gasteiger charge is -2.39. The van der Waals surface area contributed by atoms with Crippen molar-refractivity contribution in [1.82, 2.24) is 41.2 Å².